The molecular formula is C13H30O3Si. The van der Waals surface area contributed by atoms with Crippen molar-refractivity contribution < 1.29 is 13.6 Å². The second-order valence-corrected chi connectivity index (χ2v) is 7.61. The summed E-state index contributed by atoms with van der Waals surface area (Å²) in [6.45, 7) is 9.98. The van der Waals surface area contributed by atoms with Gasteiger partial charge in [-0.2, -0.15) is 0 Å². The van der Waals surface area contributed by atoms with E-state index in [2.05, 4.69) is 6.92 Å². The summed E-state index contributed by atoms with van der Waals surface area (Å²) in [5.41, 5.74) is 0. The molecule has 0 aliphatic rings. The molecule has 0 heterocycles. The molecule has 0 atom stereocenters. The van der Waals surface area contributed by atoms with Crippen molar-refractivity contribution in [1.82, 2.24) is 0 Å². The quantitative estimate of drug-likeness (QED) is 0.481. The van der Waals surface area contributed by atoms with Gasteiger partial charge in [-0.3, -0.25) is 0 Å². The van der Waals surface area contributed by atoms with Gasteiger partial charge in [-0.25, -0.2) is 0 Å². The summed E-state index contributed by atoms with van der Waals surface area (Å²) in [5, 5.41) is 0. The maximum atomic E-state index is 10.4. The zero-order valence-electron chi connectivity index (χ0n) is 12.2. The van der Waals surface area contributed by atoms with Gasteiger partial charge in [0.1, 0.15) is 0 Å². The lowest BCUT2D eigenvalue weighted by atomic mass is 10.2. The molecule has 0 unspecified atom stereocenters. The van der Waals surface area contributed by atoms with Crippen LogP contribution in [0.1, 0.15) is 66.7 Å². The highest BCUT2D eigenvalue weighted by Gasteiger charge is 2.38. The van der Waals surface area contributed by atoms with Crippen LogP contribution in [0, 0.1) is 0 Å². The number of hydrogen-bond donors (Lipinski definition) is 1. The lowest BCUT2D eigenvalue weighted by Gasteiger charge is -2.28. The van der Waals surface area contributed by atoms with Crippen LogP contribution in [0.4, 0.5) is 0 Å². The fourth-order valence-corrected chi connectivity index (χ4v) is 4.30. The maximum absolute atomic E-state index is 10.4. The minimum atomic E-state index is -2.94. The second kappa shape index (κ2) is 9.08. The van der Waals surface area contributed by atoms with Crippen LogP contribution in [0.25, 0.3) is 0 Å². The third-order valence-electron chi connectivity index (χ3n) is 2.44. The molecule has 0 aromatic carbocycles. The molecule has 3 nitrogen and oxygen atoms in total. The summed E-state index contributed by atoms with van der Waals surface area (Å²) in [7, 11) is -2.94. The summed E-state index contributed by atoms with van der Waals surface area (Å²) in [4.78, 5) is 10.4. The predicted molar refractivity (Wildman–Crippen MR) is 74.0 cm³/mol. The topological polar surface area (TPSA) is 38.7 Å². The van der Waals surface area contributed by atoms with Crippen LogP contribution >= 0.6 is 0 Å². The Morgan fingerprint density at radius 1 is 0.882 bits per heavy atom. The van der Waals surface area contributed by atoms with E-state index in [0.29, 0.717) is 6.04 Å². The van der Waals surface area contributed by atoms with Crippen molar-refractivity contribution in [3.8, 4) is 0 Å². The minimum absolute atomic E-state index is 0.0288. The predicted octanol–water partition coefficient (Wildman–Crippen LogP) is 3.74. The average molecular weight is 262 g/mol. The van der Waals surface area contributed by atoms with E-state index >= 15 is 0 Å². The van der Waals surface area contributed by atoms with Crippen LogP contribution in [0.2, 0.25) is 6.04 Å². The molecule has 0 rings (SSSR count). The van der Waals surface area contributed by atoms with Gasteiger partial charge in [0.2, 0.25) is 0 Å². The lowest BCUT2D eigenvalue weighted by molar-refractivity contribution is 0.0472. The van der Waals surface area contributed by atoms with E-state index in [-0.39, 0.29) is 12.2 Å². The Morgan fingerprint density at radius 3 is 1.76 bits per heavy atom. The van der Waals surface area contributed by atoms with Crippen LogP contribution in [0.3, 0.4) is 0 Å². The lowest BCUT2D eigenvalue weighted by Crippen LogP contribution is -2.46. The van der Waals surface area contributed by atoms with E-state index in [9.17, 15) is 4.80 Å². The van der Waals surface area contributed by atoms with Crippen molar-refractivity contribution in [3.05, 3.63) is 0 Å². The number of unbranched alkanes of at least 4 members (excludes halogenated alkanes) is 4. The van der Waals surface area contributed by atoms with E-state index in [0.717, 1.165) is 12.8 Å². The monoisotopic (exact) mass is 262 g/mol. The highest BCUT2D eigenvalue weighted by atomic mass is 28.4. The standard InChI is InChI=1S/C13H30O3Si/c1-6-7-8-9-10-11-17(14,15-12(2)3)16-13(4)5/h12-14H,6-11H2,1-5H3. The van der Waals surface area contributed by atoms with Gasteiger partial charge < -0.3 is 13.6 Å². The van der Waals surface area contributed by atoms with Crippen LogP contribution < -0.4 is 0 Å². The highest BCUT2D eigenvalue weighted by Crippen LogP contribution is 2.19. The Labute approximate surface area is 108 Å². The van der Waals surface area contributed by atoms with E-state index in [4.69, 9.17) is 8.85 Å². The first-order valence-electron chi connectivity index (χ1n) is 6.97. The van der Waals surface area contributed by atoms with E-state index in [1.807, 2.05) is 27.7 Å². The molecule has 0 amide bonds. The van der Waals surface area contributed by atoms with Gasteiger partial charge >= 0.3 is 8.80 Å². The minimum Gasteiger partial charge on any atom is -0.390 e. The molecule has 0 bridgehead atoms. The van der Waals surface area contributed by atoms with Gasteiger partial charge in [0.15, 0.2) is 0 Å². The first-order valence-corrected chi connectivity index (χ1v) is 8.94. The summed E-state index contributed by atoms with van der Waals surface area (Å²) in [6, 6.07) is 0.688. The molecule has 0 aliphatic heterocycles. The fraction of sp³-hybridized carbons (Fsp3) is 1.00. The van der Waals surface area contributed by atoms with Crippen molar-refractivity contribution >= 4 is 8.80 Å². The molecule has 0 spiro atoms. The van der Waals surface area contributed by atoms with Gasteiger partial charge in [-0.1, -0.05) is 32.6 Å². The van der Waals surface area contributed by atoms with Crippen LogP contribution in [0.15, 0.2) is 0 Å². The zero-order chi connectivity index (χ0) is 13.3. The molecule has 0 fully saturated rings. The zero-order valence-corrected chi connectivity index (χ0v) is 13.2. The van der Waals surface area contributed by atoms with E-state index in [1.54, 1.807) is 0 Å². The summed E-state index contributed by atoms with van der Waals surface area (Å²) < 4.78 is 11.3. The Balaban J connectivity index is 4.00. The van der Waals surface area contributed by atoms with Gasteiger partial charge in [-0.15, -0.1) is 0 Å². The van der Waals surface area contributed by atoms with Crippen LogP contribution in [-0.4, -0.2) is 25.8 Å². The van der Waals surface area contributed by atoms with Crippen LogP contribution in [0.5, 0.6) is 0 Å². The van der Waals surface area contributed by atoms with Gasteiger partial charge in [0.05, 0.1) is 0 Å². The fourth-order valence-electron chi connectivity index (χ4n) is 1.83. The highest BCUT2D eigenvalue weighted by molar-refractivity contribution is 6.59. The Kier molecular flexibility index (Phi) is 9.14. The SMILES string of the molecule is CCCCCCC[Si](O)(OC(C)C)OC(C)C. The third kappa shape index (κ3) is 9.77. The van der Waals surface area contributed by atoms with Crippen molar-refractivity contribution in [2.24, 2.45) is 0 Å². The molecular weight excluding hydrogens is 232 g/mol. The molecule has 0 aromatic rings. The molecule has 1 N–H and O–H groups in total. The smallest absolute Gasteiger partial charge is 0.390 e. The molecule has 0 saturated carbocycles. The molecule has 0 aromatic heterocycles. The first kappa shape index (κ1) is 17.1. The van der Waals surface area contributed by atoms with Gasteiger partial charge in [0.25, 0.3) is 0 Å². The molecule has 0 radical (unpaired) electrons. The van der Waals surface area contributed by atoms with Crippen LogP contribution in [-0.2, 0) is 8.85 Å². The van der Waals surface area contributed by atoms with Gasteiger partial charge in [-0.05, 0) is 34.1 Å². The maximum Gasteiger partial charge on any atom is 0.498 e. The largest absolute Gasteiger partial charge is 0.498 e. The summed E-state index contributed by atoms with van der Waals surface area (Å²) >= 11 is 0. The molecule has 104 valence electrons. The van der Waals surface area contributed by atoms with E-state index in [1.165, 1.54) is 19.3 Å². The number of hydrogen-bond acceptors (Lipinski definition) is 3. The summed E-state index contributed by atoms with van der Waals surface area (Å²) in [6.07, 6.45) is 5.98. The molecule has 0 aliphatic carbocycles. The molecule has 0 saturated heterocycles. The van der Waals surface area contributed by atoms with Gasteiger partial charge in [0, 0.05) is 18.3 Å². The van der Waals surface area contributed by atoms with Crippen molar-refractivity contribution in [1.29, 1.82) is 0 Å². The Hall–Kier alpha value is 0.0969. The third-order valence-corrected chi connectivity index (χ3v) is 5.10. The first-order chi connectivity index (χ1) is 7.89. The normalized spacial score (nSPS) is 12.7. The second-order valence-electron chi connectivity index (χ2n) is 5.21. The Morgan fingerprint density at radius 2 is 1.35 bits per heavy atom. The number of rotatable bonds is 10. The summed E-state index contributed by atoms with van der Waals surface area (Å²) in [5.74, 6) is 0. The van der Waals surface area contributed by atoms with E-state index < -0.39 is 8.80 Å². The van der Waals surface area contributed by atoms with Crippen molar-refractivity contribution in [2.75, 3.05) is 0 Å². The van der Waals surface area contributed by atoms with Crippen molar-refractivity contribution in [3.63, 3.8) is 0 Å². The molecule has 4 heteroatoms. The molecule has 17 heavy (non-hydrogen) atoms. The Bertz CT molecular complexity index is 174. The average Bonchev–Trinajstić information content (AvgIpc) is 2.14. The van der Waals surface area contributed by atoms with Crippen molar-refractivity contribution in [2.45, 2.75) is 85.0 Å².